The Morgan fingerprint density at radius 2 is 2.31 bits per heavy atom. The topological polar surface area (TPSA) is 37.3 Å². The van der Waals surface area contributed by atoms with Crippen LogP contribution >= 0.6 is 0 Å². The smallest absolute Gasteiger partial charge is 0.313 e. The van der Waals surface area contributed by atoms with Crippen LogP contribution in [0.2, 0.25) is 0 Å². The second-order valence-electron chi connectivity index (χ2n) is 3.48. The monoisotopic (exact) mass is 180 g/mol. The van der Waals surface area contributed by atoms with Crippen molar-refractivity contribution in [2.45, 2.75) is 33.1 Å². The first-order valence-corrected chi connectivity index (χ1v) is 4.76. The highest BCUT2D eigenvalue weighted by atomic mass is 16.4. The molecule has 0 amide bonds. The molecular weight excluding hydrogens is 164 g/mol. The molecule has 0 saturated heterocycles. The molecule has 2 heteroatoms. The van der Waals surface area contributed by atoms with E-state index in [4.69, 9.17) is 5.11 Å². The first-order chi connectivity index (χ1) is 6.14. The van der Waals surface area contributed by atoms with Gasteiger partial charge in [-0.3, -0.25) is 4.79 Å². The summed E-state index contributed by atoms with van der Waals surface area (Å²) in [5.41, 5.74) is 0.601. The van der Waals surface area contributed by atoms with Gasteiger partial charge in [-0.25, -0.2) is 0 Å². The number of rotatable bonds is 3. The molecule has 0 bridgehead atoms. The van der Waals surface area contributed by atoms with E-state index in [1.807, 2.05) is 25.2 Å². The van der Waals surface area contributed by atoms with Gasteiger partial charge in [0.25, 0.3) is 0 Å². The average molecular weight is 180 g/mol. The molecule has 0 spiro atoms. The molecule has 13 heavy (non-hydrogen) atoms. The maximum Gasteiger partial charge on any atom is 0.313 e. The van der Waals surface area contributed by atoms with E-state index in [2.05, 4.69) is 6.92 Å². The van der Waals surface area contributed by atoms with Crippen LogP contribution in [-0.4, -0.2) is 11.1 Å². The molecule has 0 aliphatic heterocycles. The van der Waals surface area contributed by atoms with Crippen LogP contribution in [-0.2, 0) is 4.79 Å². The Balaban J connectivity index is 2.83. The molecule has 0 heterocycles. The van der Waals surface area contributed by atoms with E-state index in [0.29, 0.717) is 12.8 Å². The van der Waals surface area contributed by atoms with Crippen LogP contribution < -0.4 is 0 Å². The lowest BCUT2D eigenvalue weighted by molar-refractivity contribution is -0.146. The van der Waals surface area contributed by atoms with E-state index in [9.17, 15) is 4.79 Å². The van der Waals surface area contributed by atoms with E-state index in [1.54, 1.807) is 0 Å². The lowest BCUT2D eigenvalue weighted by atomic mass is 9.77. The molecule has 0 aromatic carbocycles. The Bertz CT molecular complexity index is 263. The number of carbonyl (C=O) groups is 1. The maximum absolute atomic E-state index is 11.0. The van der Waals surface area contributed by atoms with Crippen LogP contribution in [0.25, 0.3) is 0 Å². The Kier molecular flexibility index (Phi) is 2.91. The fourth-order valence-corrected chi connectivity index (χ4v) is 1.55. The first-order valence-electron chi connectivity index (χ1n) is 4.76. The largest absolute Gasteiger partial charge is 0.481 e. The normalized spacial score (nSPS) is 27.1. The molecule has 1 atom stereocenters. The number of aliphatic carboxylic acids is 1. The lowest BCUT2D eigenvalue weighted by Gasteiger charge is -2.26. The predicted octanol–water partition coefficient (Wildman–Crippen LogP) is 2.76. The highest BCUT2D eigenvalue weighted by Crippen LogP contribution is 2.34. The highest BCUT2D eigenvalue weighted by Gasteiger charge is 2.34. The molecule has 1 aliphatic carbocycles. The van der Waals surface area contributed by atoms with Gasteiger partial charge in [-0.05, 0) is 19.3 Å². The number of allylic oxidation sites excluding steroid dienone is 3. The Morgan fingerprint density at radius 1 is 1.62 bits per heavy atom. The molecule has 2 nitrogen and oxygen atoms in total. The predicted molar refractivity (Wildman–Crippen MR) is 52.5 cm³/mol. The van der Waals surface area contributed by atoms with E-state index in [1.165, 1.54) is 5.57 Å². The number of hydrogen-bond donors (Lipinski definition) is 1. The van der Waals surface area contributed by atoms with Crippen LogP contribution in [0.5, 0.6) is 0 Å². The summed E-state index contributed by atoms with van der Waals surface area (Å²) >= 11 is 0. The zero-order valence-electron chi connectivity index (χ0n) is 8.21. The van der Waals surface area contributed by atoms with Crippen molar-refractivity contribution in [2.24, 2.45) is 5.41 Å². The lowest BCUT2D eigenvalue weighted by Crippen LogP contribution is -2.28. The van der Waals surface area contributed by atoms with Crippen molar-refractivity contribution in [1.29, 1.82) is 0 Å². The van der Waals surface area contributed by atoms with Gasteiger partial charge in [0.1, 0.15) is 0 Å². The van der Waals surface area contributed by atoms with Crippen molar-refractivity contribution in [2.75, 3.05) is 0 Å². The van der Waals surface area contributed by atoms with Gasteiger partial charge < -0.3 is 5.11 Å². The van der Waals surface area contributed by atoms with Gasteiger partial charge in [0.2, 0.25) is 0 Å². The number of carboxylic acids is 1. The SMILES string of the molecule is CCC1=CCC(CC)(C(=O)O)C=C1. The summed E-state index contributed by atoms with van der Waals surface area (Å²) in [6.45, 7) is 4.00. The zero-order chi connectivity index (χ0) is 9.90. The average Bonchev–Trinajstić information content (AvgIpc) is 2.17. The van der Waals surface area contributed by atoms with Crippen LogP contribution in [0.3, 0.4) is 0 Å². The molecule has 0 fully saturated rings. The van der Waals surface area contributed by atoms with Gasteiger partial charge in [-0.1, -0.05) is 37.6 Å². The molecule has 0 radical (unpaired) electrons. The summed E-state index contributed by atoms with van der Waals surface area (Å²) < 4.78 is 0. The third kappa shape index (κ3) is 1.82. The van der Waals surface area contributed by atoms with E-state index in [0.717, 1.165) is 6.42 Å². The second kappa shape index (κ2) is 3.77. The Morgan fingerprint density at radius 3 is 2.62 bits per heavy atom. The maximum atomic E-state index is 11.0. The summed E-state index contributed by atoms with van der Waals surface area (Å²) in [5, 5.41) is 9.07. The molecular formula is C11H16O2. The van der Waals surface area contributed by atoms with E-state index < -0.39 is 11.4 Å². The summed E-state index contributed by atoms with van der Waals surface area (Å²) in [5.74, 6) is -0.711. The van der Waals surface area contributed by atoms with Gasteiger partial charge in [-0.15, -0.1) is 0 Å². The summed E-state index contributed by atoms with van der Waals surface area (Å²) in [4.78, 5) is 11.0. The van der Waals surface area contributed by atoms with Crippen molar-refractivity contribution < 1.29 is 9.90 Å². The summed E-state index contributed by atoms with van der Waals surface area (Å²) in [6, 6.07) is 0. The quantitative estimate of drug-likeness (QED) is 0.725. The third-order valence-corrected chi connectivity index (χ3v) is 2.81. The summed E-state index contributed by atoms with van der Waals surface area (Å²) in [7, 11) is 0. The van der Waals surface area contributed by atoms with Gasteiger partial charge >= 0.3 is 5.97 Å². The first kappa shape index (κ1) is 10.0. The molecule has 1 N–H and O–H groups in total. The fourth-order valence-electron chi connectivity index (χ4n) is 1.55. The molecule has 1 unspecified atom stereocenters. The molecule has 0 saturated carbocycles. The molecule has 0 aromatic heterocycles. The van der Waals surface area contributed by atoms with Crippen molar-refractivity contribution in [1.82, 2.24) is 0 Å². The molecule has 72 valence electrons. The minimum Gasteiger partial charge on any atom is -0.481 e. The van der Waals surface area contributed by atoms with Crippen molar-refractivity contribution in [3.8, 4) is 0 Å². The Hall–Kier alpha value is -1.05. The molecule has 0 aromatic rings. The van der Waals surface area contributed by atoms with Crippen LogP contribution in [0.4, 0.5) is 0 Å². The zero-order valence-corrected chi connectivity index (χ0v) is 8.21. The van der Waals surface area contributed by atoms with Gasteiger partial charge in [0.05, 0.1) is 5.41 Å². The fraction of sp³-hybridized carbons (Fsp3) is 0.545. The van der Waals surface area contributed by atoms with Crippen LogP contribution in [0.15, 0.2) is 23.8 Å². The van der Waals surface area contributed by atoms with Gasteiger partial charge in [0, 0.05) is 0 Å². The van der Waals surface area contributed by atoms with Crippen molar-refractivity contribution in [3.63, 3.8) is 0 Å². The summed E-state index contributed by atoms with van der Waals surface area (Å²) in [6.07, 6.45) is 8.10. The van der Waals surface area contributed by atoms with Crippen LogP contribution in [0.1, 0.15) is 33.1 Å². The molecule has 1 rings (SSSR count). The highest BCUT2D eigenvalue weighted by molar-refractivity contribution is 5.78. The van der Waals surface area contributed by atoms with Crippen molar-refractivity contribution >= 4 is 5.97 Å². The number of carboxylic acid groups (broad SMARTS) is 1. The minimum atomic E-state index is -0.711. The van der Waals surface area contributed by atoms with E-state index >= 15 is 0 Å². The number of hydrogen-bond acceptors (Lipinski definition) is 1. The van der Waals surface area contributed by atoms with Gasteiger partial charge in [0.15, 0.2) is 0 Å². The minimum absolute atomic E-state index is 0.637. The Labute approximate surface area is 79.0 Å². The third-order valence-electron chi connectivity index (χ3n) is 2.81. The standard InChI is InChI=1S/C11H16O2/c1-3-9-5-7-11(4-2,8-6-9)10(12)13/h5-7H,3-4,8H2,1-2H3,(H,12,13). The van der Waals surface area contributed by atoms with Crippen molar-refractivity contribution in [3.05, 3.63) is 23.8 Å². The van der Waals surface area contributed by atoms with Gasteiger partial charge in [-0.2, -0.15) is 0 Å². The molecule has 1 aliphatic rings. The van der Waals surface area contributed by atoms with E-state index in [-0.39, 0.29) is 0 Å². The second-order valence-corrected chi connectivity index (χ2v) is 3.48. The van der Waals surface area contributed by atoms with Crippen LogP contribution in [0, 0.1) is 5.41 Å².